The third kappa shape index (κ3) is 4.07. The zero-order valence-electron chi connectivity index (χ0n) is 11.3. The van der Waals surface area contributed by atoms with E-state index in [0.717, 1.165) is 12.3 Å². The smallest absolute Gasteiger partial charge is 0.352 e. The van der Waals surface area contributed by atoms with Crippen LogP contribution in [0.25, 0.3) is 0 Å². The summed E-state index contributed by atoms with van der Waals surface area (Å²) in [5.41, 5.74) is -0.246. The summed E-state index contributed by atoms with van der Waals surface area (Å²) in [6, 6.07) is -0.0940. The molecule has 8 nitrogen and oxygen atoms in total. The van der Waals surface area contributed by atoms with Crippen LogP contribution in [0.3, 0.4) is 0 Å². The molecule has 0 aliphatic heterocycles. The molecule has 1 atom stereocenters. The molecule has 20 heavy (non-hydrogen) atoms. The fourth-order valence-electron chi connectivity index (χ4n) is 1.42. The van der Waals surface area contributed by atoms with Crippen LogP contribution in [-0.4, -0.2) is 42.5 Å². The molecule has 0 saturated heterocycles. The molecule has 1 aromatic rings. The SMILES string of the molecule is CC(C)NC(=O)C(C)NS(=O)(=O)c1c[nH]c(C(=O)O)c1. The molecule has 0 aromatic carbocycles. The highest BCUT2D eigenvalue weighted by molar-refractivity contribution is 7.89. The first-order valence-corrected chi connectivity index (χ1v) is 7.36. The number of aromatic amines is 1. The maximum absolute atomic E-state index is 12.0. The Labute approximate surface area is 116 Å². The largest absolute Gasteiger partial charge is 0.477 e. The summed E-state index contributed by atoms with van der Waals surface area (Å²) < 4.78 is 26.1. The number of carbonyl (C=O) groups is 2. The number of aromatic carboxylic acids is 1. The number of carbonyl (C=O) groups excluding carboxylic acids is 1. The lowest BCUT2D eigenvalue weighted by atomic mass is 10.3. The van der Waals surface area contributed by atoms with Gasteiger partial charge >= 0.3 is 5.97 Å². The number of amides is 1. The van der Waals surface area contributed by atoms with Gasteiger partial charge in [0.25, 0.3) is 0 Å². The average molecular weight is 303 g/mol. The second-order valence-corrected chi connectivity index (χ2v) is 6.27. The Morgan fingerprint density at radius 3 is 2.35 bits per heavy atom. The first-order valence-electron chi connectivity index (χ1n) is 5.88. The van der Waals surface area contributed by atoms with Gasteiger partial charge in [-0.15, -0.1) is 0 Å². The summed E-state index contributed by atoms with van der Waals surface area (Å²) >= 11 is 0. The molecule has 1 amide bonds. The number of nitrogens with one attached hydrogen (secondary N) is 3. The third-order valence-corrected chi connectivity index (χ3v) is 3.87. The van der Waals surface area contributed by atoms with Crippen molar-refractivity contribution in [2.24, 2.45) is 0 Å². The molecule has 0 spiro atoms. The highest BCUT2D eigenvalue weighted by Gasteiger charge is 2.24. The normalized spacial score (nSPS) is 13.2. The monoisotopic (exact) mass is 303 g/mol. The Hall–Kier alpha value is -1.87. The van der Waals surface area contributed by atoms with Gasteiger partial charge in [0.05, 0.1) is 6.04 Å². The van der Waals surface area contributed by atoms with E-state index in [2.05, 4.69) is 15.0 Å². The minimum absolute atomic E-state index is 0.111. The molecule has 9 heteroatoms. The first kappa shape index (κ1) is 16.2. The summed E-state index contributed by atoms with van der Waals surface area (Å²) in [6.45, 7) is 4.91. The van der Waals surface area contributed by atoms with Crippen LogP contribution in [0.15, 0.2) is 17.2 Å². The van der Waals surface area contributed by atoms with E-state index in [9.17, 15) is 18.0 Å². The van der Waals surface area contributed by atoms with Crippen molar-refractivity contribution in [3.05, 3.63) is 18.0 Å². The molecule has 0 fully saturated rings. The molecule has 4 N–H and O–H groups in total. The summed E-state index contributed by atoms with van der Waals surface area (Å²) in [6.07, 6.45) is 1.05. The molecule has 1 rings (SSSR count). The van der Waals surface area contributed by atoms with Crippen LogP contribution in [0.2, 0.25) is 0 Å². The Balaban J connectivity index is 2.83. The second-order valence-electron chi connectivity index (χ2n) is 4.56. The zero-order chi connectivity index (χ0) is 15.5. The Bertz CT molecular complexity index is 605. The van der Waals surface area contributed by atoms with Gasteiger partial charge in [-0.05, 0) is 26.8 Å². The fraction of sp³-hybridized carbons (Fsp3) is 0.455. The number of hydrogen-bond acceptors (Lipinski definition) is 4. The van der Waals surface area contributed by atoms with Gasteiger partial charge in [-0.3, -0.25) is 4.79 Å². The standard InChI is InChI=1S/C11H17N3O5S/c1-6(2)13-10(15)7(3)14-20(18,19)8-4-9(11(16)17)12-5-8/h4-7,12,14H,1-3H3,(H,13,15)(H,16,17). The lowest BCUT2D eigenvalue weighted by molar-refractivity contribution is -0.122. The van der Waals surface area contributed by atoms with Gasteiger partial charge in [0, 0.05) is 12.2 Å². The van der Waals surface area contributed by atoms with Crippen molar-refractivity contribution >= 4 is 21.9 Å². The van der Waals surface area contributed by atoms with Gasteiger partial charge < -0.3 is 15.4 Å². The highest BCUT2D eigenvalue weighted by atomic mass is 32.2. The van der Waals surface area contributed by atoms with Gasteiger partial charge in [-0.25, -0.2) is 13.2 Å². The highest BCUT2D eigenvalue weighted by Crippen LogP contribution is 2.11. The predicted molar refractivity (Wildman–Crippen MR) is 70.8 cm³/mol. The van der Waals surface area contributed by atoms with E-state index in [-0.39, 0.29) is 16.6 Å². The predicted octanol–water partition coefficient (Wildman–Crippen LogP) is -0.0957. The molecule has 0 saturated carbocycles. The number of carboxylic acid groups (broad SMARTS) is 1. The van der Waals surface area contributed by atoms with Gasteiger partial charge in [0.15, 0.2) is 0 Å². The van der Waals surface area contributed by atoms with E-state index in [0.29, 0.717) is 0 Å². The van der Waals surface area contributed by atoms with Crippen molar-refractivity contribution in [3.63, 3.8) is 0 Å². The topological polar surface area (TPSA) is 128 Å². The number of rotatable bonds is 6. The van der Waals surface area contributed by atoms with Crippen LogP contribution in [0.5, 0.6) is 0 Å². The minimum atomic E-state index is -3.96. The molecular weight excluding hydrogens is 286 g/mol. The van der Waals surface area contributed by atoms with Crippen LogP contribution >= 0.6 is 0 Å². The van der Waals surface area contributed by atoms with E-state index < -0.39 is 27.9 Å². The van der Waals surface area contributed by atoms with E-state index >= 15 is 0 Å². The Kier molecular flexibility index (Phi) is 4.90. The quantitative estimate of drug-likeness (QED) is 0.583. The number of H-pyrrole nitrogens is 1. The summed E-state index contributed by atoms with van der Waals surface area (Å²) in [4.78, 5) is 24.4. The first-order chi connectivity index (χ1) is 9.13. The Morgan fingerprint density at radius 2 is 1.90 bits per heavy atom. The van der Waals surface area contributed by atoms with Gasteiger partial charge in [-0.2, -0.15) is 4.72 Å². The minimum Gasteiger partial charge on any atom is -0.477 e. The van der Waals surface area contributed by atoms with Crippen LogP contribution < -0.4 is 10.0 Å². The molecular formula is C11H17N3O5S. The van der Waals surface area contributed by atoms with E-state index in [1.54, 1.807) is 13.8 Å². The van der Waals surface area contributed by atoms with Crippen molar-refractivity contribution in [2.45, 2.75) is 37.8 Å². The molecule has 0 aliphatic rings. The molecule has 1 aromatic heterocycles. The summed E-state index contributed by atoms with van der Waals surface area (Å²) in [5, 5.41) is 11.3. The van der Waals surface area contributed by atoms with Crippen LogP contribution in [0.4, 0.5) is 0 Å². The summed E-state index contributed by atoms with van der Waals surface area (Å²) in [7, 11) is -3.96. The van der Waals surface area contributed by atoms with Crippen molar-refractivity contribution < 1.29 is 23.1 Å². The van der Waals surface area contributed by atoms with Crippen molar-refractivity contribution in [1.29, 1.82) is 0 Å². The van der Waals surface area contributed by atoms with Crippen LogP contribution in [0.1, 0.15) is 31.3 Å². The van der Waals surface area contributed by atoms with E-state index in [4.69, 9.17) is 5.11 Å². The Morgan fingerprint density at radius 1 is 1.30 bits per heavy atom. The van der Waals surface area contributed by atoms with E-state index in [1.807, 2.05) is 0 Å². The third-order valence-electron chi connectivity index (χ3n) is 2.35. The molecule has 0 radical (unpaired) electrons. The van der Waals surface area contributed by atoms with Crippen LogP contribution in [0, 0.1) is 0 Å². The fourth-order valence-corrected chi connectivity index (χ4v) is 2.61. The molecule has 1 heterocycles. The molecule has 0 bridgehead atoms. The van der Waals surface area contributed by atoms with Crippen LogP contribution in [-0.2, 0) is 14.8 Å². The number of carboxylic acids is 1. The van der Waals surface area contributed by atoms with Crippen molar-refractivity contribution in [3.8, 4) is 0 Å². The second kappa shape index (κ2) is 6.06. The maximum Gasteiger partial charge on any atom is 0.352 e. The lowest BCUT2D eigenvalue weighted by Gasteiger charge is -2.15. The van der Waals surface area contributed by atoms with Gasteiger partial charge in [0.1, 0.15) is 10.6 Å². The molecule has 112 valence electrons. The van der Waals surface area contributed by atoms with Crippen molar-refractivity contribution in [2.75, 3.05) is 0 Å². The van der Waals surface area contributed by atoms with Gasteiger partial charge in [-0.1, -0.05) is 0 Å². The van der Waals surface area contributed by atoms with E-state index in [1.165, 1.54) is 6.92 Å². The number of hydrogen-bond donors (Lipinski definition) is 4. The molecule has 0 aliphatic carbocycles. The molecule has 1 unspecified atom stereocenters. The zero-order valence-corrected chi connectivity index (χ0v) is 12.1. The summed E-state index contributed by atoms with van der Waals surface area (Å²) in [5.74, 6) is -1.73. The number of sulfonamides is 1. The maximum atomic E-state index is 12.0. The lowest BCUT2D eigenvalue weighted by Crippen LogP contribution is -2.46. The van der Waals surface area contributed by atoms with Gasteiger partial charge in [0.2, 0.25) is 15.9 Å². The number of aromatic nitrogens is 1. The van der Waals surface area contributed by atoms with Crippen molar-refractivity contribution in [1.82, 2.24) is 15.0 Å². The average Bonchev–Trinajstić information content (AvgIpc) is 2.77.